The van der Waals surface area contributed by atoms with E-state index in [9.17, 15) is 9.18 Å². The molecule has 31 heavy (non-hydrogen) atoms. The Morgan fingerprint density at radius 3 is 2.65 bits per heavy atom. The molecule has 10 heteroatoms. The van der Waals surface area contributed by atoms with Crippen LogP contribution in [-0.4, -0.2) is 32.1 Å². The molecule has 0 aliphatic rings. The highest BCUT2D eigenvalue weighted by Crippen LogP contribution is 2.29. The second-order valence-corrected chi connectivity index (χ2v) is 7.29. The largest absolute Gasteiger partial charge is 0.496 e. The minimum absolute atomic E-state index is 0.0789. The van der Waals surface area contributed by atoms with Crippen molar-refractivity contribution in [3.8, 4) is 17.1 Å². The van der Waals surface area contributed by atoms with Crippen LogP contribution in [0.25, 0.3) is 11.4 Å². The van der Waals surface area contributed by atoms with Gasteiger partial charge in [0.15, 0.2) is 5.82 Å². The van der Waals surface area contributed by atoms with Gasteiger partial charge in [0.2, 0.25) is 10.7 Å². The third-order valence-corrected chi connectivity index (χ3v) is 5.16. The number of anilines is 1. The van der Waals surface area contributed by atoms with E-state index in [0.29, 0.717) is 27.6 Å². The number of rotatable bonds is 6. The topological polar surface area (TPSA) is 66.0 Å². The fraction of sp³-hybridized carbons (Fsp3) is 0.0952. The number of benzene rings is 2. The van der Waals surface area contributed by atoms with Gasteiger partial charge in [-0.05, 0) is 54.7 Å². The molecule has 0 fully saturated rings. The lowest BCUT2D eigenvalue weighted by atomic mass is 10.2. The van der Waals surface area contributed by atoms with Crippen molar-refractivity contribution < 1.29 is 13.9 Å². The maximum Gasteiger partial charge on any atom is 0.246 e. The molecule has 1 amide bonds. The van der Waals surface area contributed by atoms with Crippen molar-refractivity contribution >= 4 is 35.4 Å². The number of halogens is 2. The molecule has 0 aliphatic heterocycles. The van der Waals surface area contributed by atoms with Crippen LogP contribution >= 0.6 is 23.8 Å². The van der Waals surface area contributed by atoms with Crippen LogP contribution in [0.4, 0.5) is 10.1 Å². The molecule has 0 spiro atoms. The summed E-state index contributed by atoms with van der Waals surface area (Å²) in [7, 11) is 1.58. The monoisotopic (exact) mass is 457 g/mol. The summed E-state index contributed by atoms with van der Waals surface area (Å²) in [6.07, 6.45) is 3.64. The number of carbonyl (C=O) groups is 1. The molecule has 2 aromatic carbocycles. The van der Waals surface area contributed by atoms with E-state index in [1.807, 2.05) is 48.8 Å². The second-order valence-electron chi connectivity index (χ2n) is 6.52. The normalized spacial score (nSPS) is 10.8. The molecule has 0 saturated heterocycles. The summed E-state index contributed by atoms with van der Waals surface area (Å²) >= 11 is 11.4. The number of aromatic nitrogens is 4. The second kappa shape index (κ2) is 8.75. The summed E-state index contributed by atoms with van der Waals surface area (Å²) in [5.41, 5.74) is 1.09. The SMILES string of the molecule is COc1ccccc1-c1nn(CC(=O)Nc2ccc(F)c(Cl)c2)c(=S)n1-n1cccc1. The van der Waals surface area contributed by atoms with E-state index in [2.05, 4.69) is 10.4 Å². The molecule has 0 unspecified atom stereocenters. The van der Waals surface area contributed by atoms with Crippen LogP contribution in [0.15, 0.2) is 67.0 Å². The Hall–Kier alpha value is -3.43. The van der Waals surface area contributed by atoms with Gasteiger partial charge in [0.05, 0.1) is 17.7 Å². The molecule has 4 aromatic rings. The fourth-order valence-corrected chi connectivity index (χ4v) is 3.54. The van der Waals surface area contributed by atoms with E-state index in [4.69, 9.17) is 28.6 Å². The van der Waals surface area contributed by atoms with E-state index in [1.165, 1.54) is 22.9 Å². The first-order chi connectivity index (χ1) is 15.0. The van der Waals surface area contributed by atoms with Crippen molar-refractivity contribution in [3.05, 3.63) is 82.6 Å². The van der Waals surface area contributed by atoms with Gasteiger partial charge in [-0.15, -0.1) is 5.10 Å². The van der Waals surface area contributed by atoms with E-state index >= 15 is 0 Å². The highest BCUT2D eigenvalue weighted by Gasteiger charge is 2.19. The number of hydrogen-bond acceptors (Lipinski definition) is 4. The first-order valence-electron chi connectivity index (χ1n) is 9.19. The van der Waals surface area contributed by atoms with Crippen LogP contribution in [0.5, 0.6) is 5.75 Å². The molecule has 0 aliphatic carbocycles. The number of para-hydroxylation sites is 1. The van der Waals surface area contributed by atoms with Gasteiger partial charge in [-0.25, -0.2) is 13.7 Å². The zero-order valence-corrected chi connectivity index (χ0v) is 17.9. The van der Waals surface area contributed by atoms with Gasteiger partial charge in [-0.2, -0.15) is 0 Å². The van der Waals surface area contributed by atoms with Gasteiger partial charge in [0.25, 0.3) is 0 Å². The summed E-state index contributed by atoms with van der Waals surface area (Å²) < 4.78 is 24.0. The smallest absolute Gasteiger partial charge is 0.246 e. The van der Waals surface area contributed by atoms with E-state index < -0.39 is 5.82 Å². The molecule has 0 radical (unpaired) electrons. The molecule has 158 valence electrons. The molecule has 4 rings (SSSR count). The Morgan fingerprint density at radius 2 is 1.94 bits per heavy atom. The van der Waals surface area contributed by atoms with Crippen molar-refractivity contribution in [2.45, 2.75) is 6.54 Å². The third kappa shape index (κ3) is 4.23. The van der Waals surface area contributed by atoms with E-state index in [-0.39, 0.29) is 17.5 Å². The van der Waals surface area contributed by atoms with Gasteiger partial charge in [-0.3, -0.25) is 9.47 Å². The summed E-state index contributed by atoms with van der Waals surface area (Å²) in [5, 5.41) is 7.18. The first kappa shape index (κ1) is 20.8. The van der Waals surface area contributed by atoms with Crippen molar-refractivity contribution in [3.63, 3.8) is 0 Å². The zero-order valence-electron chi connectivity index (χ0n) is 16.3. The lowest BCUT2D eigenvalue weighted by molar-refractivity contribution is -0.116. The van der Waals surface area contributed by atoms with Crippen molar-refractivity contribution in [1.29, 1.82) is 0 Å². The minimum Gasteiger partial charge on any atom is -0.496 e. The van der Waals surface area contributed by atoms with Crippen LogP contribution in [-0.2, 0) is 11.3 Å². The molecule has 0 saturated carbocycles. The maximum absolute atomic E-state index is 13.4. The molecule has 1 N–H and O–H groups in total. The highest BCUT2D eigenvalue weighted by atomic mass is 35.5. The minimum atomic E-state index is -0.561. The van der Waals surface area contributed by atoms with Gasteiger partial charge in [-0.1, -0.05) is 23.7 Å². The Labute approximate surface area is 187 Å². The summed E-state index contributed by atoms with van der Waals surface area (Å²) in [6, 6.07) is 15.1. The number of ether oxygens (including phenoxy) is 1. The predicted molar refractivity (Wildman–Crippen MR) is 118 cm³/mol. The number of hydrogen-bond donors (Lipinski definition) is 1. The van der Waals surface area contributed by atoms with Gasteiger partial charge < -0.3 is 10.1 Å². The fourth-order valence-electron chi connectivity index (χ4n) is 3.08. The van der Waals surface area contributed by atoms with Crippen molar-refractivity contribution in [2.75, 3.05) is 12.4 Å². The Bertz CT molecular complexity index is 1300. The van der Waals surface area contributed by atoms with Crippen LogP contribution in [0, 0.1) is 10.6 Å². The number of nitrogens with one attached hydrogen (secondary N) is 1. The maximum atomic E-state index is 13.4. The van der Waals surface area contributed by atoms with Crippen molar-refractivity contribution in [1.82, 2.24) is 19.1 Å². The molecule has 2 aromatic heterocycles. The Balaban J connectivity index is 1.71. The average molecular weight is 458 g/mol. The molecule has 7 nitrogen and oxygen atoms in total. The van der Waals surface area contributed by atoms with Crippen LogP contribution in [0.3, 0.4) is 0 Å². The van der Waals surface area contributed by atoms with E-state index in [1.54, 1.807) is 16.5 Å². The van der Waals surface area contributed by atoms with Gasteiger partial charge in [0.1, 0.15) is 18.1 Å². The molecule has 0 atom stereocenters. The first-order valence-corrected chi connectivity index (χ1v) is 9.98. The molecule has 2 heterocycles. The summed E-state index contributed by atoms with van der Waals surface area (Å²) in [5.74, 6) is 0.182. The Kier molecular flexibility index (Phi) is 5.88. The number of carbonyl (C=O) groups excluding carboxylic acids is 1. The summed E-state index contributed by atoms with van der Waals surface area (Å²) in [6.45, 7) is -0.149. The average Bonchev–Trinajstić information content (AvgIpc) is 3.39. The van der Waals surface area contributed by atoms with Crippen LogP contribution < -0.4 is 10.1 Å². The van der Waals surface area contributed by atoms with Crippen LogP contribution in [0.1, 0.15) is 0 Å². The molecular formula is C21H17ClFN5O2S. The summed E-state index contributed by atoms with van der Waals surface area (Å²) in [4.78, 5) is 12.6. The lowest BCUT2D eigenvalue weighted by Gasteiger charge is -2.10. The van der Waals surface area contributed by atoms with Crippen molar-refractivity contribution in [2.24, 2.45) is 0 Å². The predicted octanol–water partition coefficient (Wildman–Crippen LogP) is 4.63. The van der Waals surface area contributed by atoms with E-state index in [0.717, 1.165) is 0 Å². The Morgan fingerprint density at radius 1 is 1.19 bits per heavy atom. The standard InChI is InChI=1S/C21H17ClFN5O2S/c1-30-18-7-3-2-6-15(18)20-25-27(21(31)28(20)26-10-4-5-11-26)13-19(29)24-14-8-9-17(23)16(22)12-14/h2-12H,13H2,1H3,(H,24,29). The number of amides is 1. The van der Waals surface area contributed by atoms with Gasteiger partial charge in [0, 0.05) is 18.1 Å². The highest BCUT2D eigenvalue weighted by molar-refractivity contribution is 7.71. The number of nitrogens with zero attached hydrogens (tertiary/aromatic N) is 4. The van der Waals surface area contributed by atoms with Crippen LogP contribution in [0.2, 0.25) is 5.02 Å². The third-order valence-electron chi connectivity index (χ3n) is 4.48. The zero-order chi connectivity index (χ0) is 22.0. The molecular weight excluding hydrogens is 441 g/mol. The lowest BCUT2D eigenvalue weighted by Crippen LogP contribution is -2.20. The van der Waals surface area contributed by atoms with Gasteiger partial charge >= 0.3 is 0 Å². The molecule has 0 bridgehead atoms. The quantitative estimate of drug-likeness (QED) is 0.428. The number of methoxy groups -OCH3 is 1.